The highest BCUT2D eigenvalue weighted by Crippen LogP contribution is 2.46. The van der Waals surface area contributed by atoms with Gasteiger partial charge in [0.15, 0.2) is 0 Å². The molecule has 0 atom stereocenters. The molecule has 0 aromatic heterocycles. The lowest BCUT2D eigenvalue weighted by atomic mass is 9.76. The van der Waals surface area contributed by atoms with Crippen LogP contribution in [0.2, 0.25) is 0 Å². The molecule has 3 heteroatoms. The fraction of sp³-hybridized carbons (Fsp3) is 0.478. The largest absolute Gasteiger partial charge is 0.489 e. The zero-order valence-electron chi connectivity index (χ0n) is 32.9. The van der Waals surface area contributed by atoms with Crippen molar-refractivity contribution in [2.75, 3.05) is 0 Å². The molecule has 0 radical (unpaired) electrons. The lowest BCUT2D eigenvalue weighted by molar-refractivity contribution is -0.134. The number of benzene rings is 4. The topological polar surface area (TPSA) is 27.7 Å². The molecule has 0 bridgehead atoms. The van der Waals surface area contributed by atoms with Gasteiger partial charge in [-0.1, -0.05) is 130 Å². The van der Waals surface area contributed by atoms with Crippen molar-refractivity contribution in [2.45, 2.75) is 144 Å². The third-order valence-electron chi connectivity index (χ3n) is 9.47. The summed E-state index contributed by atoms with van der Waals surface area (Å²) in [5.74, 6) is 2.32. The molecule has 264 valence electrons. The van der Waals surface area contributed by atoms with Crippen molar-refractivity contribution in [3.8, 4) is 11.5 Å². The average molecular weight is 663 g/mol. The van der Waals surface area contributed by atoms with Gasteiger partial charge >= 0.3 is 0 Å². The zero-order valence-corrected chi connectivity index (χ0v) is 32.9. The molecular formula is C46H62O3. The second-order valence-electron chi connectivity index (χ2n) is 17.3. The molecule has 0 heterocycles. The van der Waals surface area contributed by atoms with Crippen LogP contribution in [0.5, 0.6) is 11.5 Å². The molecule has 4 aromatic rings. The predicted molar refractivity (Wildman–Crippen MR) is 207 cm³/mol. The van der Waals surface area contributed by atoms with Crippen LogP contribution in [-0.4, -0.2) is 0 Å². The van der Waals surface area contributed by atoms with E-state index in [1.807, 2.05) is 60.7 Å². The summed E-state index contributed by atoms with van der Waals surface area (Å²) in [5, 5.41) is 0. The van der Waals surface area contributed by atoms with Crippen molar-refractivity contribution in [1.29, 1.82) is 0 Å². The third kappa shape index (κ3) is 9.37. The number of hydrogen-bond acceptors (Lipinski definition) is 3. The van der Waals surface area contributed by atoms with Crippen LogP contribution in [-0.2, 0) is 40.0 Å². The lowest BCUT2D eigenvalue weighted by Gasteiger charge is -2.42. The van der Waals surface area contributed by atoms with Gasteiger partial charge < -0.3 is 14.2 Å². The van der Waals surface area contributed by atoms with E-state index in [4.69, 9.17) is 14.2 Å². The fourth-order valence-electron chi connectivity index (χ4n) is 7.02. The summed E-state index contributed by atoms with van der Waals surface area (Å²) in [6.07, 6.45) is 0. The molecule has 0 aliphatic carbocycles. The first kappa shape index (κ1) is 38.2. The highest BCUT2D eigenvalue weighted by Gasteiger charge is 2.39. The van der Waals surface area contributed by atoms with E-state index in [0.717, 1.165) is 11.5 Å². The van der Waals surface area contributed by atoms with E-state index in [0.29, 0.717) is 25.0 Å². The second-order valence-corrected chi connectivity index (χ2v) is 17.3. The van der Waals surface area contributed by atoms with Crippen molar-refractivity contribution < 1.29 is 14.2 Å². The minimum Gasteiger partial charge on any atom is -0.489 e. The van der Waals surface area contributed by atoms with Gasteiger partial charge in [0.25, 0.3) is 0 Å². The Labute approximate surface area is 298 Å². The molecule has 0 N–H and O–H groups in total. The number of rotatable bonds is 12. The van der Waals surface area contributed by atoms with E-state index in [2.05, 4.69) is 121 Å². The van der Waals surface area contributed by atoms with Crippen molar-refractivity contribution in [3.63, 3.8) is 0 Å². The van der Waals surface area contributed by atoms with Crippen LogP contribution in [0.1, 0.15) is 153 Å². The molecule has 4 aromatic carbocycles. The quantitative estimate of drug-likeness (QED) is 0.151. The maximum atomic E-state index is 7.50. The SMILES string of the molecule is CC(C)c1cc(C(C)(C)C)cc(COc2ccccc2)c1C(C)(C)OC(C)(C)c1c(COc2ccccc2)cc(C(C)(C)C)cc1C(C)C. The van der Waals surface area contributed by atoms with E-state index >= 15 is 0 Å². The summed E-state index contributed by atoms with van der Waals surface area (Å²) in [5.41, 5.74) is 8.65. The summed E-state index contributed by atoms with van der Waals surface area (Å²) in [4.78, 5) is 0. The standard InChI is InChI=1S/C46H62O3/c1-31(2)39-27-35(43(5,6)7)25-33(29-47-37-21-17-15-18-22-37)41(39)45(11,12)49-46(13,14)42-34(30-48-38-23-19-16-20-24-38)26-36(44(8,9)10)28-40(42)32(3)4/h15-28,31-32H,29-30H2,1-14H3. The minimum atomic E-state index is -0.649. The van der Waals surface area contributed by atoms with Crippen LogP contribution in [0.3, 0.4) is 0 Å². The minimum absolute atomic E-state index is 0.0114. The molecule has 49 heavy (non-hydrogen) atoms. The van der Waals surface area contributed by atoms with Crippen molar-refractivity contribution in [2.24, 2.45) is 0 Å². The van der Waals surface area contributed by atoms with Gasteiger partial charge in [0.1, 0.15) is 24.7 Å². The van der Waals surface area contributed by atoms with Gasteiger partial charge in [0.05, 0.1) is 11.2 Å². The number of para-hydroxylation sites is 2. The molecule has 0 aliphatic rings. The first-order chi connectivity index (χ1) is 22.7. The number of hydrogen-bond donors (Lipinski definition) is 0. The molecule has 0 amide bonds. The van der Waals surface area contributed by atoms with E-state index in [1.54, 1.807) is 0 Å². The van der Waals surface area contributed by atoms with Gasteiger partial charge in [-0.15, -0.1) is 0 Å². The molecule has 0 fully saturated rings. The molecule has 4 rings (SSSR count). The van der Waals surface area contributed by atoms with Gasteiger partial charge in [-0.25, -0.2) is 0 Å². The maximum Gasteiger partial charge on any atom is 0.119 e. The first-order valence-electron chi connectivity index (χ1n) is 18.1. The Balaban J connectivity index is 1.88. The van der Waals surface area contributed by atoms with Crippen LogP contribution in [0.4, 0.5) is 0 Å². The predicted octanol–water partition coefficient (Wildman–Crippen LogP) is 12.9. The van der Waals surface area contributed by atoms with E-state index < -0.39 is 11.2 Å². The maximum absolute atomic E-state index is 7.50. The zero-order chi connectivity index (χ0) is 36.4. The molecule has 0 saturated heterocycles. The van der Waals surface area contributed by atoms with Gasteiger partial charge in [-0.05, 0) is 119 Å². The van der Waals surface area contributed by atoms with Crippen molar-refractivity contribution in [1.82, 2.24) is 0 Å². The summed E-state index contributed by atoms with van der Waals surface area (Å²) in [6.45, 7) is 32.7. The van der Waals surface area contributed by atoms with Gasteiger partial charge in [0, 0.05) is 0 Å². The van der Waals surface area contributed by atoms with Crippen molar-refractivity contribution in [3.05, 3.63) is 129 Å². The summed E-state index contributed by atoms with van der Waals surface area (Å²) in [6, 6.07) is 29.7. The Kier molecular flexibility index (Phi) is 11.5. The van der Waals surface area contributed by atoms with Gasteiger partial charge in [0.2, 0.25) is 0 Å². The molecule has 3 nitrogen and oxygen atoms in total. The summed E-state index contributed by atoms with van der Waals surface area (Å²) < 4.78 is 20.4. The van der Waals surface area contributed by atoms with Gasteiger partial charge in [-0.2, -0.15) is 0 Å². The van der Waals surface area contributed by atoms with Crippen LogP contribution in [0.25, 0.3) is 0 Å². The molecular weight excluding hydrogens is 601 g/mol. The van der Waals surface area contributed by atoms with Crippen LogP contribution >= 0.6 is 0 Å². The lowest BCUT2D eigenvalue weighted by Crippen LogP contribution is -2.37. The van der Waals surface area contributed by atoms with Gasteiger partial charge in [-0.3, -0.25) is 0 Å². The van der Waals surface area contributed by atoms with E-state index in [9.17, 15) is 0 Å². The summed E-state index contributed by atoms with van der Waals surface area (Å²) in [7, 11) is 0. The van der Waals surface area contributed by atoms with E-state index in [1.165, 1.54) is 44.5 Å². The Bertz CT molecular complexity index is 1550. The average Bonchev–Trinajstić information content (AvgIpc) is 3.01. The second kappa shape index (κ2) is 14.7. The highest BCUT2D eigenvalue weighted by molar-refractivity contribution is 5.49. The van der Waals surface area contributed by atoms with Crippen LogP contribution in [0, 0.1) is 0 Å². The first-order valence-corrected chi connectivity index (χ1v) is 18.1. The molecule has 0 saturated carbocycles. The normalized spacial score (nSPS) is 12.9. The van der Waals surface area contributed by atoms with E-state index in [-0.39, 0.29) is 10.8 Å². The Morgan fingerprint density at radius 1 is 0.469 bits per heavy atom. The highest BCUT2D eigenvalue weighted by atomic mass is 16.5. The Hall–Kier alpha value is -3.56. The third-order valence-corrected chi connectivity index (χ3v) is 9.47. The molecule has 0 spiro atoms. The smallest absolute Gasteiger partial charge is 0.119 e. The molecule has 0 unspecified atom stereocenters. The Morgan fingerprint density at radius 3 is 1.08 bits per heavy atom. The summed E-state index contributed by atoms with van der Waals surface area (Å²) >= 11 is 0. The van der Waals surface area contributed by atoms with Crippen molar-refractivity contribution >= 4 is 0 Å². The van der Waals surface area contributed by atoms with Crippen LogP contribution < -0.4 is 9.47 Å². The van der Waals surface area contributed by atoms with Crippen LogP contribution in [0.15, 0.2) is 84.9 Å². The molecule has 0 aliphatic heterocycles. The fourth-order valence-corrected chi connectivity index (χ4v) is 7.02. The monoisotopic (exact) mass is 662 g/mol. The Morgan fingerprint density at radius 2 is 0.796 bits per heavy atom. The number of ether oxygens (including phenoxy) is 3.